The molecule has 3 aromatic rings. The van der Waals surface area contributed by atoms with Gasteiger partial charge in [0.15, 0.2) is 5.82 Å². The zero-order valence-corrected chi connectivity index (χ0v) is 19.9. The number of hydrogen-bond donors (Lipinski definition) is 2. The molecule has 1 aromatic heterocycles. The Bertz CT molecular complexity index is 1230. The third-order valence-electron chi connectivity index (χ3n) is 4.82. The zero-order valence-electron chi connectivity index (χ0n) is 16.7. The number of benzene rings is 2. The number of amides is 1. The summed E-state index contributed by atoms with van der Waals surface area (Å²) in [6.45, 7) is 1.09. The zero-order chi connectivity index (χ0) is 22.7. The monoisotopic (exact) mass is 511 g/mol. The molecule has 0 aliphatic carbocycles. The second-order valence-electron chi connectivity index (χ2n) is 7.06. The first-order chi connectivity index (χ1) is 15.3. The summed E-state index contributed by atoms with van der Waals surface area (Å²) in [7, 11) is -3.48. The van der Waals surface area contributed by atoms with Crippen LogP contribution in [0.4, 0.5) is 5.69 Å². The van der Waals surface area contributed by atoms with Crippen LogP contribution < -0.4 is 5.32 Å². The van der Waals surface area contributed by atoms with E-state index in [0.717, 1.165) is 24.6 Å². The Morgan fingerprint density at radius 1 is 1.12 bits per heavy atom. The lowest BCUT2D eigenvalue weighted by Crippen LogP contribution is -2.27. The summed E-state index contributed by atoms with van der Waals surface area (Å²) in [5.74, 6) is 0.265. The summed E-state index contributed by atoms with van der Waals surface area (Å²) >= 11 is 13.3. The minimum absolute atomic E-state index is 0.0778. The number of sulfonamides is 1. The molecule has 1 fully saturated rings. The van der Waals surface area contributed by atoms with E-state index < -0.39 is 10.0 Å². The average molecular weight is 512 g/mol. The number of anilines is 1. The van der Waals surface area contributed by atoms with Gasteiger partial charge in [-0.25, -0.2) is 13.4 Å². The third-order valence-corrected chi connectivity index (χ3v) is 8.15. The van der Waals surface area contributed by atoms with E-state index >= 15 is 0 Å². The van der Waals surface area contributed by atoms with Gasteiger partial charge in [-0.2, -0.15) is 4.31 Å². The van der Waals surface area contributed by atoms with Crippen molar-refractivity contribution in [3.8, 4) is 11.4 Å². The number of thioether (sulfide) groups is 1. The van der Waals surface area contributed by atoms with E-state index in [2.05, 4.69) is 20.5 Å². The van der Waals surface area contributed by atoms with Crippen molar-refractivity contribution in [2.24, 2.45) is 0 Å². The van der Waals surface area contributed by atoms with Crippen LogP contribution in [-0.4, -0.2) is 52.7 Å². The molecular weight excluding hydrogens is 493 g/mol. The Morgan fingerprint density at radius 3 is 2.56 bits per heavy atom. The van der Waals surface area contributed by atoms with Crippen LogP contribution in [0.25, 0.3) is 11.4 Å². The van der Waals surface area contributed by atoms with Crippen molar-refractivity contribution in [3.05, 3.63) is 52.5 Å². The topological polar surface area (TPSA) is 108 Å². The highest BCUT2D eigenvalue weighted by molar-refractivity contribution is 7.99. The summed E-state index contributed by atoms with van der Waals surface area (Å²) in [5, 5.41) is 11.0. The lowest BCUT2D eigenvalue weighted by Gasteiger charge is -2.15. The fourth-order valence-electron chi connectivity index (χ4n) is 3.23. The average Bonchev–Trinajstić information content (AvgIpc) is 3.47. The summed E-state index contributed by atoms with van der Waals surface area (Å²) in [6, 6.07) is 11.2. The van der Waals surface area contributed by atoms with E-state index in [-0.39, 0.29) is 16.6 Å². The Labute approximate surface area is 199 Å². The molecule has 1 amide bonds. The molecule has 1 saturated heterocycles. The highest BCUT2D eigenvalue weighted by atomic mass is 35.5. The number of nitrogens with one attached hydrogen (secondary N) is 2. The largest absolute Gasteiger partial charge is 0.325 e. The first kappa shape index (κ1) is 23.1. The number of rotatable bonds is 7. The highest BCUT2D eigenvalue weighted by Gasteiger charge is 2.26. The molecule has 12 heteroatoms. The number of carbonyl (C=O) groups excluding carboxylic acids is 1. The summed E-state index contributed by atoms with van der Waals surface area (Å²) in [5.41, 5.74) is 1.13. The lowest BCUT2D eigenvalue weighted by atomic mass is 10.2. The molecule has 0 saturated carbocycles. The molecule has 32 heavy (non-hydrogen) atoms. The fraction of sp³-hybridized carbons (Fsp3) is 0.250. The van der Waals surface area contributed by atoms with Crippen molar-refractivity contribution in [3.63, 3.8) is 0 Å². The van der Waals surface area contributed by atoms with Crippen LogP contribution in [0.5, 0.6) is 0 Å². The van der Waals surface area contributed by atoms with Crippen LogP contribution >= 0.6 is 35.0 Å². The molecule has 8 nitrogen and oxygen atoms in total. The highest BCUT2D eigenvalue weighted by Crippen LogP contribution is 2.29. The van der Waals surface area contributed by atoms with Gasteiger partial charge in [-0.15, -0.1) is 5.10 Å². The Morgan fingerprint density at radius 2 is 1.84 bits per heavy atom. The van der Waals surface area contributed by atoms with Gasteiger partial charge in [0, 0.05) is 29.4 Å². The summed E-state index contributed by atoms with van der Waals surface area (Å²) in [6.07, 6.45) is 1.76. The maximum absolute atomic E-state index is 12.6. The van der Waals surface area contributed by atoms with Crippen molar-refractivity contribution in [2.75, 3.05) is 24.2 Å². The molecule has 0 unspecified atom stereocenters. The minimum atomic E-state index is -3.48. The quantitative estimate of drug-likeness (QED) is 0.458. The predicted molar refractivity (Wildman–Crippen MR) is 126 cm³/mol. The summed E-state index contributed by atoms with van der Waals surface area (Å²) < 4.78 is 26.6. The van der Waals surface area contributed by atoms with Gasteiger partial charge in [0.25, 0.3) is 0 Å². The van der Waals surface area contributed by atoms with Crippen LogP contribution in [0.15, 0.2) is 52.5 Å². The Balaban J connectivity index is 1.34. The number of nitrogens with zero attached hydrogens (tertiary/aromatic N) is 3. The molecule has 0 radical (unpaired) electrons. The molecular formula is C20H19Cl2N5O3S2. The van der Waals surface area contributed by atoms with Crippen molar-refractivity contribution < 1.29 is 13.2 Å². The smallest absolute Gasteiger partial charge is 0.243 e. The van der Waals surface area contributed by atoms with E-state index in [4.69, 9.17) is 23.2 Å². The first-order valence-corrected chi connectivity index (χ1v) is 12.9. The number of aromatic amines is 1. The predicted octanol–water partition coefficient (Wildman–Crippen LogP) is 4.29. The Kier molecular flexibility index (Phi) is 7.06. The van der Waals surface area contributed by atoms with Gasteiger partial charge in [0.2, 0.25) is 21.1 Å². The molecule has 168 valence electrons. The van der Waals surface area contributed by atoms with Crippen molar-refractivity contribution >= 4 is 56.6 Å². The van der Waals surface area contributed by atoms with Gasteiger partial charge >= 0.3 is 0 Å². The van der Waals surface area contributed by atoms with Crippen LogP contribution in [0, 0.1) is 0 Å². The van der Waals surface area contributed by atoms with E-state index in [1.165, 1.54) is 16.4 Å². The maximum Gasteiger partial charge on any atom is 0.243 e. The van der Waals surface area contributed by atoms with Crippen molar-refractivity contribution in [1.82, 2.24) is 19.5 Å². The second kappa shape index (κ2) is 9.80. The van der Waals surface area contributed by atoms with Crippen LogP contribution in [0.1, 0.15) is 12.8 Å². The first-order valence-electron chi connectivity index (χ1n) is 9.73. The molecule has 1 aliphatic rings. The van der Waals surface area contributed by atoms with E-state index in [9.17, 15) is 13.2 Å². The fourth-order valence-corrected chi connectivity index (χ4v) is 5.72. The van der Waals surface area contributed by atoms with E-state index in [1.54, 1.807) is 30.3 Å². The van der Waals surface area contributed by atoms with E-state index in [1.807, 2.05) is 0 Å². The van der Waals surface area contributed by atoms with Crippen LogP contribution in [0.3, 0.4) is 0 Å². The molecule has 2 aromatic carbocycles. The van der Waals surface area contributed by atoms with Crippen molar-refractivity contribution in [1.29, 1.82) is 0 Å². The number of aromatic nitrogens is 3. The van der Waals surface area contributed by atoms with Gasteiger partial charge < -0.3 is 5.32 Å². The molecule has 0 atom stereocenters. The molecule has 1 aliphatic heterocycles. The third kappa shape index (κ3) is 5.26. The SMILES string of the molecule is O=C(CSc1n[nH]c(-c2cc(Cl)ccc2Cl)n1)Nc1ccc(S(=O)(=O)N2CCCC2)cc1. The second-order valence-corrected chi connectivity index (χ2v) is 10.8. The van der Waals surface area contributed by atoms with Gasteiger partial charge in [-0.3, -0.25) is 9.89 Å². The molecule has 2 heterocycles. The number of H-pyrrole nitrogens is 1. The molecule has 2 N–H and O–H groups in total. The maximum atomic E-state index is 12.6. The van der Waals surface area contributed by atoms with Crippen LogP contribution in [0.2, 0.25) is 10.0 Å². The molecule has 0 spiro atoms. The number of halogens is 2. The van der Waals surface area contributed by atoms with Gasteiger partial charge in [0.1, 0.15) is 0 Å². The van der Waals surface area contributed by atoms with Crippen LogP contribution in [-0.2, 0) is 14.8 Å². The van der Waals surface area contributed by atoms with Gasteiger partial charge in [-0.1, -0.05) is 35.0 Å². The standard InChI is InChI=1S/C20H19Cl2N5O3S2/c21-13-3-8-17(22)16(11-13)19-24-20(26-25-19)31-12-18(28)23-14-4-6-15(7-5-14)32(29,30)27-9-1-2-10-27/h3-8,11H,1-2,9-10,12H2,(H,23,28)(H,24,25,26). The molecule has 4 rings (SSSR count). The van der Waals surface area contributed by atoms with E-state index in [0.29, 0.717) is 45.4 Å². The summed E-state index contributed by atoms with van der Waals surface area (Å²) in [4.78, 5) is 16.9. The number of carbonyl (C=O) groups is 1. The van der Waals surface area contributed by atoms with Gasteiger partial charge in [0.05, 0.1) is 15.7 Å². The lowest BCUT2D eigenvalue weighted by molar-refractivity contribution is -0.113. The van der Waals surface area contributed by atoms with Gasteiger partial charge in [-0.05, 0) is 55.3 Å². The normalized spacial score (nSPS) is 14.6. The molecule has 0 bridgehead atoms. The Hall–Kier alpha value is -2.11. The minimum Gasteiger partial charge on any atom is -0.325 e. The number of hydrogen-bond acceptors (Lipinski definition) is 6. The van der Waals surface area contributed by atoms with Crippen molar-refractivity contribution in [2.45, 2.75) is 22.9 Å².